The monoisotopic (exact) mass is 378 g/mol. The van der Waals surface area contributed by atoms with Gasteiger partial charge in [0, 0.05) is 11.3 Å². The number of hydrogen-bond acceptors (Lipinski definition) is 6. The van der Waals surface area contributed by atoms with Crippen LogP contribution in [0.1, 0.15) is 52.7 Å². The number of hydrogen-bond donors (Lipinski definition) is 3. The van der Waals surface area contributed by atoms with Gasteiger partial charge in [0.25, 0.3) is 5.54 Å². The summed E-state index contributed by atoms with van der Waals surface area (Å²) in [7, 11) is 0. The molecule has 8 nitrogen and oxygen atoms in total. The molecule has 0 amide bonds. The Hall–Kier alpha value is -2.77. The summed E-state index contributed by atoms with van der Waals surface area (Å²) < 4.78 is 11.0. The van der Waals surface area contributed by atoms with Crippen molar-refractivity contribution in [2.45, 2.75) is 65.2 Å². The van der Waals surface area contributed by atoms with Gasteiger partial charge in [-0.2, -0.15) is 0 Å². The number of guanidine groups is 1. The highest BCUT2D eigenvalue weighted by Crippen LogP contribution is 2.36. The van der Waals surface area contributed by atoms with Gasteiger partial charge in [-0.1, -0.05) is 6.07 Å². The van der Waals surface area contributed by atoms with Crippen LogP contribution in [-0.4, -0.2) is 29.1 Å². The zero-order chi connectivity index (χ0) is 21.2. The highest BCUT2D eigenvalue weighted by molar-refractivity contribution is 6.08. The molecular weight excluding hydrogens is 348 g/mol. The molecule has 0 aliphatic rings. The highest BCUT2D eigenvalue weighted by atomic mass is 16.6. The molecule has 0 aliphatic heterocycles. The number of aliphatic imine (C=N–C) groups is 1. The first-order valence-electron chi connectivity index (χ1n) is 8.53. The van der Waals surface area contributed by atoms with Crippen LogP contribution in [0.2, 0.25) is 0 Å². The predicted molar refractivity (Wildman–Crippen MR) is 105 cm³/mol. The van der Waals surface area contributed by atoms with E-state index >= 15 is 0 Å². The Labute approximate surface area is 160 Å². The third-order valence-electron chi connectivity index (χ3n) is 3.34. The number of nitrogens with two attached hydrogens (primary N) is 3. The summed E-state index contributed by atoms with van der Waals surface area (Å²) in [4.78, 5) is 30.5. The first-order chi connectivity index (χ1) is 12.1. The maximum absolute atomic E-state index is 13.2. The van der Waals surface area contributed by atoms with Gasteiger partial charge < -0.3 is 26.7 Å². The Balaban J connectivity index is 3.84. The van der Waals surface area contributed by atoms with Gasteiger partial charge in [0.1, 0.15) is 11.2 Å². The minimum atomic E-state index is -2.24. The second kappa shape index (κ2) is 7.46. The van der Waals surface area contributed by atoms with Crippen molar-refractivity contribution < 1.29 is 19.1 Å². The van der Waals surface area contributed by atoms with E-state index in [-0.39, 0.29) is 5.56 Å². The van der Waals surface area contributed by atoms with Gasteiger partial charge in [-0.25, -0.2) is 14.6 Å². The zero-order valence-corrected chi connectivity index (χ0v) is 17.0. The number of ether oxygens (including phenoxy) is 2. The van der Waals surface area contributed by atoms with Crippen LogP contribution in [0.4, 0.5) is 5.69 Å². The lowest BCUT2D eigenvalue weighted by Gasteiger charge is -2.33. The van der Waals surface area contributed by atoms with Gasteiger partial charge in [0.2, 0.25) is 0 Å². The van der Waals surface area contributed by atoms with Crippen LogP contribution in [0.25, 0.3) is 0 Å². The molecule has 0 saturated carbocycles. The molecule has 0 fully saturated rings. The zero-order valence-electron chi connectivity index (χ0n) is 17.0. The van der Waals surface area contributed by atoms with Gasteiger partial charge in [-0.15, -0.1) is 0 Å². The molecule has 27 heavy (non-hydrogen) atoms. The summed E-state index contributed by atoms with van der Waals surface area (Å²) in [6.07, 6.45) is 0. The molecule has 0 aliphatic carbocycles. The Morgan fingerprint density at radius 2 is 1.37 bits per heavy atom. The maximum Gasteiger partial charge on any atom is 0.351 e. The quantitative estimate of drug-likeness (QED) is 0.238. The first-order valence-corrected chi connectivity index (χ1v) is 8.53. The summed E-state index contributed by atoms with van der Waals surface area (Å²) in [5, 5.41) is 0. The van der Waals surface area contributed by atoms with Crippen molar-refractivity contribution in [3.05, 3.63) is 29.3 Å². The van der Waals surface area contributed by atoms with Crippen molar-refractivity contribution in [1.82, 2.24) is 0 Å². The number of rotatable bonds is 4. The molecular formula is C19H30N4O4. The summed E-state index contributed by atoms with van der Waals surface area (Å²) in [6, 6.07) is 4.77. The lowest BCUT2D eigenvalue weighted by molar-refractivity contribution is -0.177. The summed E-state index contributed by atoms with van der Waals surface area (Å²) in [6.45, 7) is 11.7. The molecule has 6 N–H and O–H groups in total. The van der Waals surface area contributed by atoms with Gasteiger partial charge in [-0.05, 0) is 66.2 Å². The SMILES string of the molecule is Cc1ccc(N)cc1C(N=C(N)N)(C(=O)OC(C)(C)C)C(=O)OC(C)(C)C. The molecule has 0 aromatic heterocycles. The van der Waals surface area contributed by atoms with Crippen LogP contribution < -0.4 is 17.2 Å². The van der Waals surface area contributed by atoms with E-state index in [2.05, 4.69) is 4.99 Å². The first kappa shape index (κ1) is 22.3. The number of esters is 2. The molecule has 8 heteroatoms. The van der Waals surface area contributed by atoms with Crippen LogP contribution in [0.5, 0.6) is 0 Å². The van der Waals surface area contributed by atoms with E-state index in [0.717, 1.165) is 0 Å². The molecule has 0 heterocycles. The number of aryl methyl sites for hydroxylation is 1. The van der Waals surface area contributed by atoms with Crippen molar-refractivity contribution in [3.63, 3.8) is 0 Å². The van der Waals surface area contributed by atoms with E-state index in [9.17, 15) is 9.59 Å². The Morgan fingerprint density at radius 3 is 1.74 bits per heavy atom. The van der Waals surface area contributed by atoms with Crippen LogP contribution in [0.3, 0.4) is 0 Å². The van der Waals surface area contributed by atoms with E-state index in [1.165, 1.54) is 6.07 Å². The Kier molecular flexibility index (Phi) is 6.15. The van der Waals surface area contributed by atoms with Gasteiger partial charge in [0.05, 0.1) is 0 Å². The predicted octanol–water partition coefficient (Wildman–Crippen LogP) is 1.73. The van der Waals surface area contributed by atoms with E-state index < -0.39 is 34.6 Å². The van der Waals surface area contributed by atoms with Gasteiger partial charge in [-0.3, -0.25) is 0 Å². The van der Waals surface area contributed by atoms with Crippen LogP contribution in [0.15, 0.2) is 23.2 Å². The summed E-state index contributed by atoms with van der Waals surface area (Å²) in [5.74, 6) is -2.37. The van der Waals surface area contributed by atoms with Crippen molar-refractivity contribution in [2.24, 2.45) is 16.5 Å². The molecule has 150 valence electrons. The van der Waals surface area contributed by atoms with E-state index in [1.54, 1.807) is 60.6 Å². The lowest BCUT2D eigenvalue weighted by atomic mass is 9.86. The average Bonchev–Trinajstić information content (AvgIpc) is 2.43. The third-order valence-corrected chi connectivity index (χ3v) is 3.34. The standard InChI is InChI=1S/C19H30N4O4/c1-11-8-9-12(20)10-13(11)19(23-16(21)22,14(24)26-17(2,3)4)15(25)27-18(5,6)7/h8-10H,20H2,1-7H3,(H4,21,22,23). The average molecular weight is 378 g/mol. The third kappa shape index (κ3) is 5.60. The normalized spacial score (nSPS) is 12.3. The van der Waals surface area contributed by atoms with Crippen molar-refractivity contribution in [2.75, 3.05) is 5.73 Å². The van der Waals surface area contributed by atoms with Crippen molar-refractivity contribution in [1.29, 1.82) is 0 Å². The number of nitrogen functional groups attached to an aromatic ring is 1. The molecule has 0 atom stereocenters. The number of anilines is 1. The van der Waals surface area contributed by atoms with E-state index in [0.29, 0.717) is 11.3 Å². The Morgan fingerprint density at radius 1 is 0.926 bits per heavy atom. The number of nitrogens with zero attached hydrogens (tertiary/aromatic N) is 1. The molecule has 0 spiro atoms. The fraction of sp³-hybridized carbons (Fsp3) is 0.526. The largest absolute Gasteiger partial charge is 0.457 e. The number of carbonyl (C=O) groups excluding carboxylic acids is 2. The fourth-order valence-corrected chi connectivity index (χ4v) is 2.38. The molecule has 1 aromatic carbocycles. The molecule has 0 unspecified atom stereocenters. The number of carbonyl (C=O) groups is 2. The summed E-state index contributed by atoms with van der Waals surface area (Å²) in [5.41, 5.74) is 14.2. The topological polar surface area (TPSA) is 143 Å². The lowest BCUT2D eigenvalue weighted by Crippen LogP contribution is -2.51. The summed E-state index contributed by atoms with van der Waals surface area (Å²) >= 11 is 0. The van der Waals surface area contributed by atoms with Crippen LogP contribution in [-0.2, 0) is 24.6 Å². The van der Waals surface area contributed by atoms with Crippen LogP contribution >= 0.6 is 0 Å². The van der Waals surface area contributed by atoms with Gasteiger partial charge >= 0.3 is 11.9 Å². The van der Waals surface area contributed by atoms with E-state index in [1.807, 2.05) is 0 Å². The molecule has 1 aromatic rings. The van der Waals surface area contributed by atoms with Crippen LogP contribution in [0, 0.1) is 6.92 Å². The second-order valence-corrected chi connectivity index (χ2v) is 8.33. The second-order valence-electron chi connectivity index (χ2n) is 8.33. The van der Waals surface area contributed by atoms with Gasteiger partial charge in [0.15, 0.2) is 5.96 Å². The number of benzene rings is 1. The van der Waals surface area contributed by atoms with E-state index in [4.69, 9.17) is 26.7 Å². The minimum Gasteiger partial charge on any atom is -0.457 e. The fourth-order valence-electron chi connectivity index (χ4n) is 2.38. The molecule has 0 bridgehead atoms. The van der Waals surface area contributed by atoms with Crippen molar-refractivity contribution >= 4 is 23.6 Å². The maximum atomic E-state index is 13.2. The minimum absolute atomic E-state index is 0.194. The molecule has 0 radical (unpaired) electrons. The smallest absolute Gasteiger partial charge is 0.351 e. The molecule has 0 saturated heterocycles. The molecule has 1 rings (SSSR count). The van der Waals surface area contributed by atoms with Crippen molar-refractivity contribution in [3.8, 4) is 0 Å². The Bertz CT molecular complexity index is 726. The highest BCUT2D eigenvalue weighted by Gasteiger charge is 2.54.